The van der Waals surface area contributed by atoms with Crippen LogP contribution < -0.4 is 14.8 Å². The number of nitrogens with one attached hydrogen (secondary N) is 1. The van der Waals surface area contributed by atoms with Crippen LogP contribution in [0.15, 0.2) is 18.2 Å². The summed E-state index contributed by atoms with van der Waals surface area (Å²) in [4.78, 5) is 1.50. The molecule has 0 radical (unpaired) electrons. The summed E-state index contributed by atoms with van der Waals surface area (Å²) in [6.45, 7) is 1.98. The maximum absolute atomic E-state index is 5.53. The minimum Gasteiger partial charge on any atom is -0.486 e. The Bertz CT molecular complexity index is 569. The zero-order valence-electron chi connectivity index (χ0n) is 10.7. The lowest BCUT2D eigenvalue weighted by molar-refractivity contribution is 0.171. The van der Waals surface area contributed by atoms with E-state index < -0.39 is 0 Å². The highest BCUT2D eigenvalue weighted by Gasteiger charge is 2.13. The predicted octanol–water partition coefficient (Wildman–Crippen LogP) is 0.195. The lowest BCUT2D eigenvalue weighted by Crippen LogP contribution is -2.15. The highest BCUT2D eigenvalue weighted by Crippen LogP contribution is 2.31. The van der Waals surface area contributed by atoms with E-state index in [-0.39, 0.29) is 0 Å². The second kappa shape index (κ2) is 5.23. The molecule has 0 saturated carbocycles. The molecular formula is C12H15N5O2. The summed E-state index contributed by atoms with van der Waals surface area (Å²) < 4.78 is 11.0. The molecule has 100 valence electrons. The number of nitrogens with zero attached hydrogens (tertiary/aromatic N) is 4. The van der Waals surface area contributed by atoms with Gasteiger partial charge in [-0.3, -0.25) is 0 Å². The SMILES string of the molecule is CNCCc1nnn(-c2ccc3c(c2)OCCO3)n1. The molecule has 0 amide bonds. The van der Waals surface area contributed by atoms with Crippen molar-refractivity contribution in [2.24, 2.45) is 0 Å². The van der Waals surface area contributed by atoms with Gasteiger partial charge < -0.3 is 14.8 Å². The van der Waals surface area contributed by atoms with E-state index >= 15 is 0 Å². The first-order valence-electron chi connectivity index (χ1n) is 6.20. The highest BCUT2D eigenvalue weighted by atomic mass is 16.6. The fraction of sp³-hybridized carbons (Fsp3) is 0.417. The summed E-state index contributed by atoms with van der Waals surface area (Å²) in [6.07, 6.45) is 0.751. The Morgan fingerprint density at radius 3 is 2.95 bits per heavy atom. The van der Waals surface area contributed by atoms with Crippen LogP contribution in [0.2, 0.25) is 0 Å². The molecule has 0 saturated heterocycles. The topological polar surface area (TPSA) is 74.1 Å². The van der Waals surface area contributed by atoms with Crippen molar-refractivity contribution in [3.05, 3.63) is 24.0 Å². The first-order chi connectivity index (χ1) is 9.36. The van der Waals surface area contributed by atoms with Crippen molar-refractivity contribution in [3.63, 3.8) is 0 Å². The Hall–Kier alpha value is -2.15. The van der Waals surface area contributed by atoms with Crippen LogP contribution in [0.3, 0.4) is 0 Å². The van der Waals surface area contributed by atoms with Gasteiger partial charge in [-0.1, -0.05) is 0 Å². The van der Waals surface area contributed by atoms with Crippen LogP contribution in [0.4, 0.5) is 0 Å². The number of benzene rings is 1. The normalized spacial score (nSPS) is 13.5. The van der Waals surface area contributed by atoms with Gasteiger partial charge in [-0.2, -0.15) is 0 Å². The number of hydrogen-bond acceptors (Lipinski definition) is 6. The third-order valence-electron chi connectivity index (χ3n) is 2.81. The van der Waals surface area contributed by atoms with Gasteiger partial charge in [0.1, 0.15) is 13.2 Å². The minimum atomic E-state index is 0.564. The number of fused-ring (bicyclic) bond motifs is 1. The second-order valence-corrected chi connectivity index (χ2v) is 4.18. The number of aromatic nitrogens is 4. The van der Waals surface area contributed by atoms with Crippen molar-refractivity contribution in [1.82, 2.24) is 25.5 Å². The second-order valence-electron chi connectivity index (χ2n) is 4.18. The standard InChI is InChI=1S/C12H15N5O2/c1-13-5-4-12-14-16-17(15-12)9-2-3-10-11(8-9)19-7-6-18-10/h2-3,8,13H,4-7H2,1H3. The largest absolute Gasteiger partial charge is 0.486 e. The van der Waals surface area contributed by atoms with Crippen molar-refractivity contribution in [3.8, 4) is 17.2 Å². The smallest absolute Gasteiger partial charge is 0.176 e. The Kier molecular flexibility index (Phi) is 3.28. The van der Waals surface area contributed by atoms with Gasteiger partial charge in [0.2, 0.25) is 0 Å². The average molecular weight is 261 g/mol. The molecule has 19 heavy (non-hydrogen) atoms. The van der Waals surface area contributed by atoms with Crippen molar-refractivity contribution in [2.45, 2.75) is 6.42 Å². The average Bonchev–Trinajstić information content (AvgIpc) is 2.93. The number of tetrazole rings is 1. The van der Waals surface area contributed by atoms with Gasteiger partial charge in [0.05, 0.1) is 5.69 Å². The lowest BCUT2D eigenvalue weighted by Gasteiger charge is -2.18. The lowest BCUT2D eigenvalue weighted by atomic mass is 10.2. The summed E-state index contributed by atoms with van der Waals surface area (Å²) >= 11 is 0. The Labute approximate surface area is 110 Å². The monoisotopic (exact) mass is 261 g/mol. The predicted molar refractivity (Wildman–Crippen MR) is 67.8 cm³/mol. The van der Waals surface area contributed by atoms with Crippen molar-refractivity contribution >= 4 is 0 Å². The highest BCUT2D eigenvalue weighted by molar-refractivity contribution is 5.48. The van der Waals surface area contributed by atoms with Crippen LogP contribution in [-0.4, -0.2) is 47.0 Å². The Morgan fingerprint density at radius 1 is 1.26 bits per heavy atom. The molecule has 0 spiro atoms. The van der Waals surface area contributed by atoms with Crippen LogP contribution in [0.25, 0.3) is 5.69 Å². The molecule has 7 heteroatoms. The first kappa shape index (κ1) is 11.9. The number of rotatable bonds is 4. The quantitative estimate of drug-likeness (QED) is 0.847. The van der Waals surface area contributed by atoms with Crippen molar-refractivity contribution in [2.75, 3.05) is 26.8 Å². The zero-order chi connectivity index (χ0) is 13.1. The van der Waals surface area contributed by atoms with Gasteiger partial charge >= 0.3 is 0 Å². The number of likely N-dealkylation sites (N-methyl/N-ethyl adjacent to an activating group) is 1. The number of hydrogen-bond donors (Lipinski definition) is 1. The van der Waals surface area contributed by atoms with Gasteiger partial charge in [0, 0.05) is 19.0 Å². The molecule has 1 N–H and O–H groups in total. The maximum atomic E-state index is 5.53. The fourth-order valence-corrected chi connectivity index (χ4v) is 1.85. The van der Waals surface area contributed by atoms with Crippen LogP contribution in [0, 0.1) is 0 Å². The maximum Gasteiger partial charge on any atom is 0.176 e. The molecule has 0 bridgehead atoms. The van der Waals surface area contributed by atoms with Crippen LogP contribution >= 0.6 is 0 Å². The van der Waals surface area contributed by atoms with E-state index in [1.807, 2.05) is 25.2 Å². The zero-order valence-corrected chi connectivity index (χ0v) is 10.7. The van der Waals surface area contributed by atoms with E-state index in [2.05, 4.69) is 20.7 Å². The molecule has 2 heterocycles. The molecule has 0 unspecified atom stereocenters. The molecule has 1 aliphatic rings. The summed E-state index contributed by atoms with van der Waals surface area (Å²) in [5.41, 5.74) is 0.812. The van der Waals surface area contributed by atoms with Gasteiger partial charge in [-0.05, 0) is 24.4 Å². The minimum absolute atomic E-state index is 0.564. The summed E-state index contributed by atoms with van der Waals surface area (Å²) in [6, 6.07) is 5.61. The molecule has 1 aliphatic heterocycles. The molecular weight excluding hydrogens is 246 g/mol. The van der Waals surface area contributed by atoms with Crippen LogP contribution in [0.5, 0.6) is 11.5 Å². The molecule has 3 rings (SSSR count). The molecule has 0 fully saturated rings. The van der Waals surface area contributed by atoms with E-state index in [1.54, 1.807) is 0 Å². The van der Waals surface area contributed by atoms with E-state index in [0.717, 1.165) is 30.2 Å². The molecule has 1 aromatic carbocycles. The molecule has 2 aromatic rings. The fourth-order valence-electron chi connectivity index (χ4n) is 1.85. The third kappa shape index (κ3) is 2.50. The Balaban J connectivity index is 1.83. The molecule has 1 aromatic heterocycles. The van der Waals surface area contributed by atoms with Gasteiger partial charge in [0.25, 0.3) is 0 Å². The third-order valence-corrected chi connectivity index (χ3v) is 2.81. The summed E-state index contributed by atoms with van der Waals surface area (Å²) in [7, 11) is 1.89. The van der Waals surface area contributed by atoms with Crippen molar-refractivity contribution in [1.29, 1.82) is 0 Å². The van der Waals surface area contributed by atoms with Gasteiger partial charge in [-0.25, -0.2) is 0 Å². The Morgan fingerprint density at radius 2 is 2.11 bits per heavy atom. The van der Waals surface area contributed by atoms with E-state index in [9.17, 15) is 0 Å². The first-order valence-corrected chi connectivity index (χ1v) is 6.20. The van der Waals surface area contributed by atoms with Crippen molar-refractivity contribution < 1.29 is 9.47 Å². The molecule has 0 atom stereocenters. The van der Waals surface area contributed by atoms with Crippen LogP contribution in [-0.2, 0) is 6.42 Å². The molecule has 7 nitrogen and oxygen atoms in total. The van der Waals surface area contributed by atoms with Gasteiger partial charge in [-0.15, -0.1) is 15.0 Å². The number of ether oxygens (including phenoxy) is 2. The van der Waals surface area contributed by atoms with E-state index in [4.69, 9.17) is 9.47 Å². The van der Waals surface area contributed by atoms with Gasteiger partial charge in [0.15, 0.2) is 17.3 Å². The summed E-state index contributed by atoms with van der Waals surface area (Å²) in [5, 5.41) is 15.4. The van der Waals surface area contributed by atoms with E-state index in [1.165, 1.54) is 4.80 Å². The summed E-state index contributed by atoms with van der Waals surface area (Å²) in [5.74, 6) is 2.19. The van der Waals surface area contributed by atoms with Crippen LogP contribution in [0.1, 0.15) is 5.82 Å². The van der Waals surface area contributed by atoms with E-state index in [0.29, 0.717) is 19.0 Å². The molecule has 0 aliphatic carbocycles.